The van der Waals surface area contributed by atoms with E-state index in [-0.39, 0.29) is 0 Å². The second kappa shape index (κ2) is 4.58. The number of benzene rings is 2. The van der Waals surface area contributed by atoms with Crippen LogP contribution in [0.4, 0.5) is 17.1 Å². The lowest BCUT2D eigenvalue weighted by molar-refractivity contribution is 1.33. The first-order chi connectivity index (χ1) is 8.54. The minimum Gasteiger partial charge on any atom is -0.399 e. The van der Waals surface area contributed by atoms with Crippen molar-refractivity contribution in [3.05, 3.63) is 41.5 Å². The van der Waals surface area contributed by atoms with Crippen LogP contribution in [0.5, 0.6) is 0 Å². The van der Waals surface area contributed by atoms with E-state index in [9.17, 15) is 0 Å². The van der Waals surface area contributed by atoms with E-state index in [4.69, 9.17) is 17.3 Å². The average molecular weight is 242 g/mol. The van der Waals surface area contributed by atoms with Gasteiger partial charge in [0, 0.05) is 5.69 Å². The van der Waals surface area contributed by atoms with Crippen molar-refractivity contribution >= 4 is 17.1 Å². The van der Waals surface area contributed by atoms with Crippen molar-refractivity contribution in [3.63, 3.8) is 0 Å². The summed E-state index contributed by atoms with van der Waals surface area (Å²) in [6.07, 6.45) is 0. The normalized spacial score (nSPS) is 10.4. The molecule has 2 aromatic rings. The molecule has 0 amide bonds. The van der Waals surface area contributed by atoms with Crippen molar-refractivity contribution in [2.24, 2.45) is 5.84 Å². The van der Waals surface area contributed by atoms with E-state index < -0.39 is 0 Å². The number of hydrogen-bond acceptors (Lipinski definition) is 4. The molecule has 18 heavy (non-hydrogen) atoms. The van der Waals surface area contributed by atoms with Crippen molar-refractivity contribution < 1.29 is 0 Å². The zero-order valence-corrected chi connectivity index (χ0v) is 10.6. The predicted molar refractivity (Wildman–Crippen MR) is 78.0 cm³/mol. The second-order valence-corrected chi connectivity index (χ2v) is 4.42. The molecule has 94 valence electrons. The van der Waals surface area contributed by atoms with E-state index in [2.05, 4.69) is 5.43 Å². The third-order valence-electron chi connectivity index (χ3n) is 3.21. The fraction of sp³-hybridized carbons (Fsp3) is 0.143. The number of hydrogen-bond donors (Lipinski definition) is 4. The topological polar surface area (TPSA) is 90.1 Å². The molecule has 0 aliphatic rings. The highest BCUT2D eigenvalue weighted by Gasteiger charge is 2.10. The van der Waals surface area contributed by atoms with Gasteiger partial charge < -0.3 is 16.9 Å². The van der Waals surface area contributed by atoms with Gasteiger partial charge in [-0.1, -0.05) is 12.1 Å². The van der Waals surface area contributed by atoms with Crippen LogP contribution < -0.4 is 22.7 Å². The lowest BCUT2D eigenvalue weighted by Crippen LogP contribution is -2.10. The Hall–Kier alpha value is -2.20. The Morgan fingerprint density at radius 3 is 2.22 bits per heavy atom. The first-order valence-electron chi connectivity index (χ1n) is 5.76. The Labute approximate surface area is 107 Å². The molecule has 0 saturated carbocycles. The van der Waals surface area contributed by atoms with Crippen molar-refractivity contribution in [1.29, 1.82) is 0 Å². The quantitative estimate of drug-likeness (QED) is 0.370. The van der Waals surface area contributed by atoms with E-state index in [1.54, 1.807) is 0 Å². The smallest absolute Gasteiger partial charge is 0.0719 e. The molecule has 4 heteroatoms. The maximum atomic E-state index is 6.04. The number of nitrogen functional groups attached to an aromatic ring is 3. The zero-order valence-electron chi connectivity index (χ0n) is 10.6. The van der Waals surface area contributed by atoms with Gasteiger partial charge in [0.05, 0.1) is 11.4 Å². The van der Waals surface area contributed by atoms with Crippen LogP contribution in [0.15, 0.2) is 30.3 Å². The van der Waals surface area contributed by atoms with E-state index in [1.807, 2.05) is 44.2 Å². The summed E-state index contributed by atoms with van der Waals surface area (Å²) >= 11 is 0. The van der Waals surface area contributed by atoms with Crippen LogP contribution >= 0.6 is 0 Å². The molecule has 0 aliphatic carbocycles. The Kier molecular flexibility index (Phi) is 3.12. The highest BCUT2D eigenvalue weighted by molar-refractivity contribution is 5.82. The SMILES string of the molecule is Cc1cc(N)ccc1-c1ccc(NN)c(N)c1C. The number of anilines is 3. The van der Waals surface area contributed by atoms with Gasteiger partial charge in [0.2, 0.25) is 0 Å². The second-order valence-electron chi connectivity index (χ2n) is 4.42. The number of hydrazine groups is 1. The molecule has 2 rings (SSSR count). The monoisotopic (exact) mass is 242 g/mol. The molecule has 0 bridgehead atoms. The summed E-state index contributed by atoms with van der Waals surface area (Å²) in [6, 6.07) is 9.77. The Morgan fingerprint density at radius 2 is 1.61 bits per heavy atom. The van der Waals surface area contributed by atoms with Gasteiger partial charge in [-0.15, -0.1) is 0 Å². The average Bonchev–Trinajstić information content (AvgIpc) is 2.34. The fourth-order valence-corrected chi connectivity index (χ4v) is 2.14. The van der Waals surface area contributed by atoms with E-state index in [1.165, 1.54) is 0 Å². The summed E-state index contributed by atoms with van der Waals surface area (Å²) in [6.45, 7) is 4.03. The van der Waals surface area contributed by atoms with Crippen LogP contribution in [0.1, 0.15) is 11.1 Å². The third-order valence-corrected chi connectivity index (χ3v) is 3.21. The third kappa shape index (κ3) is 1.98. The zero-order chi connectivity index (χ0) is 13.3. The number of aryl methyl sites for hydroxylation is 1. The lowest BCUT2D eigenvalue weighted by Gasteiger charge is -2.14. The molecule has 0 fully saturated rings. The lowest BCUT2D eigenvalue weighted by atomic mass is 9.95. The molecular formula is C14H18N4. The van der Waals surface area contributed by atoms with E-state index in [0.717, 1.165) is 33.6 Å². The van der Waals surface area contributed by atoms with Gasteiger partial charge >= 0.3 is 0 Å². The maximum absolute atomic E-state index is 6.04. The molecule has 2 aromatic carbocycles. The van der Waals surface area contributed by atoms with Gasteiger partial charge in [-0.05, 0) is 54.3 Å². The van der Waals surface area contributed by atoms with Crippen molar-refractivity contribution in [2.75, 3.05) is 16.9 Å². The molecule has 0 aliphatic heterocycles. The molecule has 0 atom stereocenters. The van der Waals surface area contributed by atoms with Crippen LogP contribution in [0.25, 0.3) is 11.1 Å². The van der Waals surface area contributed by atoms with E-state index in [0.29, 0.717) is 5.69 Å². The van der Waals surface area contributed by atoms with Gasteiger partial charge in [0.1, 0.15) is 0 Å². The van der Waals surface area contributed by atoms with Crippen LogP contribution in [-0.4, -0.2) is 0 Å². The molecule has 0 aromatic heterocycles. The minimum absolute atomic E-state index is 0.672. The predicted octanol–water partition coefficient (Wildman–Crippen LogP) is 2.42. The number of nitrogens with one attached hydrogen (secondary N) is 1. The van der Waals surface area contributed by atoms with Gasteiger partial charge in [-0.3, -0.25) is 5.84 Å². The summed E-state index contributed by atoms with van der Waals surface area (Å²) in [4.78, 5) is 0. The summed E-state index contributed by atoms with van der Waals surface area (Å²) in [5, 5.41) is 0. The van der Waals surface area contributed by atoms with Crippen LogP contribution in [-0.2, 0) is 0 Å². The fourth-order valence-electron chi connectivity index (χ4n) is 2.14. The first-order valence-corrected chi connectivity index (χ1v) is 5.76. The maximum Gasteiger partial charge on any atom is 0.0719 e. The molecule has 4 nitrogen and oxygen atoms in total. The Balaban J connectivity index is 2.61. The molecule has 0 saturated heterocycles. The molecule has 0 heterocycles. The van der Waals surface area contributed by atoms with Crippen LogP contribution in [0, 0.1) is 13.8 Å². The summed E-state index contributed by atoms with van der Waals surface area (Å²) in [7, 11) is 0. The van der Waals surface area contributed by atoms with Gasteiger partial charge in [0.25, 0.3) is 0 Å². The largest absolute Gasteiger partial charge is 0.399 e. The van der Waals surface area contributed by atoms with Crippen LogP contribution in [0.2, 0.25) is 0 Å². The summed E-state index contributed by atoms with van der Waals surface area (Å²) in [5.41, 5.74) is 21.0. The molecule has 0 unspecified atom stereocenters. The molecular weight excluding hydrogens is 224 g/mol. The standard InChI is InChI=1S/C14H18N4/c1-8-7-10(15)3-4-11(8)12-5-6-13(18-17)14(16)9(12)2/h3-7,18H,15-17H2,1-2H3. The molecule has 0 spiro atoms. The molecule has 7 N–H and O–H groups in total. The minimum atomic E-state index is 0.672. The Morgan fingerprint density at radius 1 is 0.944 bits per heavy atom. The summed E-state index contributed by atoms with van der Waals surface area (Å²) in [5.74, 6) is 5.41. The molecule has 0 radical (unpaired) electrons. The van der Waals surface area contributed by atoms with Gasteiger partial charge in [-0.2, -0.15) is 0 Å². The van der Waals surface area contributed by atoms with Crippen LogP contribution in [0.3, 0.4) is 0 Å². The Bertz CT molecular complexity index is 591. The highest BCUT2D eigenvalue weighted by atomic mass is 15.2. The van der Waals surface area contributed by atoms with Crippen molar-refractivity contribution in [1.82, 2.24) is 0 Å². The van der Waals surface area contributed by atoms with E-state index >= 15 is 0 Å². The first kappa shape index (κ1) is 12.3. The number of rotatable bonds is 2. The summed E-state index contributed by atoms with van der Waals surface area (Å²) < 4.78 is 0. The highest BCUT2D eigenvalue weighted by Crippen LogP contribution is 2.34. The van der Waals surface area contributed by atoms with Gasteiger partial charge in [-0.25, -0.2) is 0 Å². The van der Waals surface area contributed by atoms with Crippen molar-refractivity contribution in [2.45, 2.75) is 13.8 Å². The number of nitrogens with two attached hydrogens (primary N) is 3. The van der Waals surface area contributed by atoms with Crippen molar-refractivity contribution in [3.8, 4) is 11.1 Å². The van der Waals surface area contributed by atoms with Gasteiger partial charge in [0.15, 0.2) is 0 Å².